The average Bonchev–Trinajstić information content (AvgIpc) is 2.51. The molecule has 1 amide bonds. The predicted octanol–water partition coefficient (Wildman–Crippen LogP) is 1.55. The largest absolute Gasteiger partial charge is 0.357 e. The van der Waals surface area contributed by atoms with E-state index >= 15 is 0 Å². The zero-order chi connectivity index (χ0) is 18.9. The fourth-order valence-corrected chi connectivity index (χ4v) is 3.18. The monoisotopic (exact) mass is 496 g/mol. The maximum Gasteiger partial charge on any atom is 0.242 e. The first-order chi connectivity index (χ1) is 11.6. The Morgan fingerprint density at radius 1 is 1.12 bits per heavy atom. The van der Waals surface area contributed by atoms with Gasteiger partial charge in [0.1, 0.15) is 6.54 Å². The molecule has 0 aliphatic heterocycles. The van der Waals surface area contributed by atoms with Gasteiger partial charge in [0.2, 0.25) is 5.91 Å². The molecule has 0 saturated carbocycles. The summed E-state index contributed by atoms with van der Waals surface area (Å²) in [4.78, 5) is 16.3. The quantitative estimate of drug-likeness (QED) is 0.302. The number of nitrogens with one attached hydrogen (secondary N) is 3. The number of amides is 1. The lowest BCUT2D eigenvalue weighted by Gasteiger charge is -2.20. The van der Waals surface area contributed by atoms with Crippen LogP contribution in [0.2, 0.25) is 0 Å². The van der Waals surface area contributed by atoms with E-state index in [1.807, 2.05) is 27.7 Å². The molecule has 0 aliphatic carbocycles. The molecule has 0 atom stereocenters. The molecule has 26 heavy (non-hydrogen) atoms. The lowest BCUT2D eigenvalue weighted by Crippen LogP contribution is -2.43. The van der Waals surface area contributed by atoms with E-state index in [4.69, 9.17) is 0 Å². The predicted molar refractivity (Wildman–Crippen MR) is 116 cm³/mol. The van der Waals surface area contributed by atoms with Gasteiger partial charge in [0.25, 0.3) is 0 Å². The molecule has 0 heterocycles. The fraction of sp³-hybridized carbons (Fsp3) is 0.529. The normalized spacial score (nSPS) is 12.1. The van der Waals surface area contributed by atoms with Gasteiger partial charge < -0.3 is 16.0 Å². The van der Waals surface area contributed by atoms with Crippen LogP contribution in [0.4, 0.5) is 0 Å². The Bertz CT molecular complexity index is 686. The van der Waals surface area contributed by atoms with Crippen molar-refractivity contribution in [1.29, 1.82) is 0 Å². The summed E-state index contributed by atoms with van der Waals surface area (Å²) in [6.07, 6.45) is 0. The van der Waals surface area contributed by atoms with Crippen molar-refractivity contribution in [2.75, 3.05) is 25.4 Å². The third-order valence-corrected chi connectivity index (χ3v) is 4.74. The van der Waals surface area contributed by atoms with Gasteiger partial charge in [0.05, 0.1) is 10.6 Å². The van der Waals surface area contributed by atoms with Crippen molar-refractivity contribution < 1.29 is 13.2 Å². The molecule has 1 aromatic rings. The highest BCUT2D eigenvalue weighted by molar-refractivity contribution is 14.0. The SMILES string of the molecule is CCNC(=NCC(=O)NC(C)(C)C)NCCS(=O)(=O)c1ccccc1.I. The van der Waals surface area contributed by atoms with Crippen LogP contribution in [0.25, 0.3) is 0 Å². The van der Waals surface area contributed by atoms with Crippen LogP contribution in [0, 0.1) is 0 Å². The molecule has 0 unspecified atom stereocenters. The number of benzene rings is 1. The molecular formula is C17H29IN4O3S. The summed E-state index contributed by atoms with van der Waals surface area (Å²) in [5.41, 5.74) is -0.317. The zero-order valence-corrected chi connectivity index (χ0v) is 18.9. The van der Waals surface area contributed by atoms with Gasteiger partial charge in [-0.3, -0.25) is 4.79 Å². The second kappa shape index (κ2) is 11.4. The van der Waals surface area contributed by atoms with Crippen LogP contribution in [-0.2, 0) is 14.6 Å². The summed E-state index contributed by atoms with van der Waals surface area (Å²) in [5, 5.41) is 8.76. The summed E-state index contributed by atoms with van der Waals surface area (Å²) in [6, 6.07) is 8.31. The van der Waals surface area contributed by atoms with Crippen LogP contribution >= 0.6 is 24.0 Å². The Kier molecular flexibility index (Phi) is 10.8. The first kappa shape index (κ1) is 24.6. The van der Waals surface area contributed by atoms with Crippen LogP contribution < -0.4 is 16.0 Å². The number of guanidine groups is 1. The number of carbonyl (C=O) groups excluding carboxylic acids is 1. The van der Waals surface area contributed by atoms with Gasteiger partial charge in [-0.05, 0) is 39.8 Å². The van der Waals surface area contributed by atoms with E-state index < -0.39 is 9.84 Å². The summed E-state index contributed by atoms with van der Waals surface area (Å²) in [6.45, 7) is 8.36. The minimum Gasteiger partial charge on any atom is -0.357 e. The van der Waals surface area contributed by atoms with E-state index in [1.165, 1.54) is 0 Å². The Labute approximate surface area is 173 Å². The summed E-state index contributed by atoms with van der Waals surface area (Å²) in [5.74, 6) is 0.159. The van der Waals surface area contributed by atoms with Crippen LogP contribution in [0.15, 0.2) is 40.2 Å². The molecule has 0 radical (unpaired) electrons. The van der Waals surface area contributed by atoms with Gasteiger partial charge in [-0.2, -0.15) is 0 Å². The first-order valence-corrected chi connectivity index (χ1v) is 9.90. The highest BCUT2D eigenvalue weighted by Crippen LogP contribution is 2.09. The van der Waals surface area contributed by atoms with Gasteiger partial charge in [-0.15, -0.1) is 24.0 Å². The molecule has 0 spiro atoms. The van der Waals surface area contributed by atoms with Gasteiger partial charge in [0.15, 0.2) is 15.8 Å². The third-order valence-electron chi connectivity index (χ3n) is 3.00. The molecule has 1 aromatic carbocycles. The molecule has 0 bridgehead atoms. The molecule has 9 heteroatoms. The molecule has 7 nitrogen and oxygen atoms in total. The van der Waals surface area contributed by atoms with Crippen molar-refractivity contribution >= 4 is 45.7 Å². The standard InChI is InChI=1S/C17H28N4O3S.HI/c1-5-18-16(20-13-15(22)21-17(2,3)4)19-11-12-25(23,24)14-9-7-6-8-10-14;/h6-10H,5,11-13H2,1-4H3,(H,21,22)(H2,18,19,20);1H. The Morgan fingerprint density at radius 2 is 1.73 bits per heavy atom. The van der Waals surface area contributed by atoms with E-state index in [1.54, 1.807) is 30.3 Å². The minimum absolute atomic E-state index is 0. The van der Waals surface area contributed by atoms with Crippen molar-refractivity contribution in [3.05, 3.63) is 30.3 Å². The number of halogens is 1. The molecule has 0 fully saturated rings. The van der Waals surface area contributed by atoms with Crippen molar-refractivity contribution in [3.8, 4) is 0 Å². The fourth-order valence-electron chi connectivity index (χ4n) is 2.00. The van der Waals surface area contributed by atoms with Crippen LogP contribution in [0.1, 0.15) is 27.7 Å². The van der Waals surface area contributed by atoms with Crippen LogP contribution in [0.3, 0.4) is 0 Å². The molecular weight excluding hydrogens is 467 g/mol. The van der Waals surface area contributed by atoms with E-state index in [-0.39, 0.29) is 54.3 Å². The summed E-state index contributed by atoms with van der Waals surface area (Å²) >= 11 is 0. The smallest absolute Gasteiger partial charge is 0.242 e. The number of aliphatic imine (C=N–C) groups is 1. The van der Waals surface area contributed by atoms with Crippen LogP contribution in [-0.4, -0.2) is 51.2 Å². The third kappa shape index (κ3) is 9.95. The lowest BCUT2D eigenvalue weighted by molar-refractivity contribution is -0.121. The Hall–Kier alpha value is -1.36. The number of hydrogen-bond acceptors (Lipinski definition) is 4. The number of nitrogens with zero attached hydrogens (tertiary/aromatic N) is 1. The Morgan fingerprint density at radius 3 is 2.27 bits per heavy atom. The van der Waals surface area contributed by atoms with E-state index in [9.17, 15) is 13.2 Å². The maximum atomic E-state index is 12.2. The van der Waals surface area contributed by atoms with Crippen molar-refractivity contribution in [2.24, 2.45) is 4.99 Å². The highest BCUT2D eigenvalue weighted by Gasteiger charge is 2.15. The maximum absolute atomic E-state index is 12.2. The topological polar surface area (TPSA) is 99.7 Å². The second-order valence-corrected chi connectivity index (χ2v) is 8.66. The Balaban J connectivity index is 0.00000625. The number of sulfone groups is 1. The van der Waals surface area contributed by atoms with E-state index in [2.05, 4.69) is 20.9 Å². The van der Waals surface area contributed by atoms with Gasteiger partial charge in [0, 0.05) is 18.6 Å². The zero-order valence-electron chi connectivity index (χ0n) is 15.7. The van der Waals surface area contributed by atoms with E-state index in [0.29, 0.717) is 17.4 Å². The summed E-state index contributed by atoms with van der Waals surface area (Å²) < 4.78 is 24.5. The van der Waals surface area contributed by atoms with Gasteiger partial charge in [-0.1, -0.05) is 18.2 Å². The molecule has 0 aromatic heterocycles. The first-order valence-electron chi connectivity index (χ1n) is 8.25. The summed E-state index contributed by atoms with van der Waals surface area (Å²) in [7, 11) is -3.35. The van der Waals surface area contributed by atoms with Gasteiger partial charge >= 0.3 is 0 Å². The van der Waals surface area contributed by atoms with Crippen molar-refractivity contribution in [3.63, 3.8) is 0 Å². The number of hydrogen-bond donors (Lipinski definition) is 3. The molecule has 0 saturated heterocycles. The highest BCUT2D eigenvalue weighted by atomic mass is 127. The molecule has 0 aliphatic rings. The van der Waals surface area contributed by atoms with Crippen LogP contribution in [0.5, 0.6) is 0 Å². The van der Waals surface area contributed by atoms with Crippen molar-refractivity contribution in [1.82, 2.24) is 16.0 Å². The van der Waals surface area contributed by atoms with Gasteiger partial charge in [-0.25, -0.2) is 13.4 Å². The second-order valence-electron chi connectivity index (χ2n) is 6.55. The van der Waals surface area contributed by atoms with Crippen molar-refractivity contribution in [2.45, 2.75) is 38.1 Å². The minimum atomic E-state index is -3.35. The number of carbonyl (C=O) groups is 1. The molecule has 148 valence electrons. The lowest BCUT2D eigenvalue weighted by atomic mass is 10.1. The number of rotatable bonds is 7. The molecule has 1 rings (SSSR count). The average molecular weight is 496 g/mol. The molecule has 3 N–H and O–H groups in total. The van der Waals surface area contributed by atoms with E-state index in [0.717, 1.165) is 0 Å².